The smallest absolute Gasteiger partial charge is 0.258 e. The van der Waals surface area contributed by atoms with Crippen LogP contribution < -0.4 is 5.32 Å². The zero-order chi connectivity index (χ0) is 17.1. The molecule has 7 nitrogen and oxygen atoms in total. The molecule has 3 rings (SSSR count). The van der Waals surface area contributed by atoms with Crippen molar-refractivity contribution in [2.24, 2.45) is 11.1 Å². The van der Waals surface area contributed by atoms with Crippen LogP contribution in [0.1, 0.15) is 34.5 Å². The van der Waals surface area contributed by atoms with E-state index in [1.165, 1.54) is 25.1 Å². The maximum absolute atomic E-state index is 12.4. The van der Waals surface area contributed by atoms with Gasteiger partial charge in [0.25, 0.3) is 5.91 Å². The molecular formula is C15H14Cl2N4O3. The van der Waals surface area contributed by atoms with Gasteiger partial charge in [0.1, 0.15) is 12.3 Å². The molecule has 0 unspecified atom stereocenters. The second-order valence-electron chi connectivity index (χ2n) is 5.45. The van der Waals surface area contributed by atoms with E-state index in [-0.39, 0.29) is 16.4 Å². The number of nitrogens with one attached hydrogen (secondary N) is 1. The highest BCUT2D eigenvalue weighted by atomic mass is 35.5. The van der Waals surface area contributed by atoms with E-state index in [0.29, 0.717) is 28.8 Å². The molecule has 24 heavy (non-hydrogen) atoms. The zero-order valence-electron chi connectivity index (χ0n) is 12.8. The molecule has 2 aromatic rings. The van der Waals surface area contributed by atoms with E-state index in [1.54, 1.807) is 13.0 Å². The molecule has 1 saturated carbocycles. The lowest BCUT2D eigenvalue weighted by molar-refractivity contribution is 0.102. The van der Waals surface area contributed by atoms with Gasteiger partial charge >= 0.3 is 0 Å². The Morgan fingerprint density at radius 2 is 2.25 bits per heavy atom. The van der Waals surface area contributed by atoms with Gasteiger partial charge in [-0.1, -0.05) is 33.5 Å². The number of oxime groups is 1. The van der Waals surface area contributed by atoms with Crippen LogP contribution in [0, 0.1) is 12.8 Å². The lowest BCUT2D eigenvalue weighted by Gasteiger charge is -2.08. The van der Waals surface area contributed by atoms with Crippen molar-refractivity contribution in [2.75, 3.05) is 11.9 Å². The Morgan fingerprint density at radius 1 is 1.46 bits per heavy atom. The first-order chi connectivity index (χ1) is 11.6. The van der Waals surface area contributed by atoms with E-state index in [1.807, 2.05) is 0 Å². The summed E-state index contributed by atoms with van der Waals surface area (Å²) in [5.74, 6) is 0.363. The third kappa shape index (κ3) is 3.85. The van der Waals surface area contributed by atoms with Gasteiger partial charge < -0.3 is 10.2 Å². The maximum Gasteiger partial charge on any atom is 0.258 e. The average molecular weight is 369 g/mol. The van der Waals surface area contributed by atoms with Crippen molar-refractivity contribution in [1.82, 2.24) is 10.3 Å². The van der Waals surface area contributed by atoms with Crippen molar-refractivity contribution in [3.63, 3.8) is 0 Å². The van der Waals surface area contributed by atoms with Crippen LogP contribution in [0.25, 0.3) is 0 Å². The second-order valence-corrected chi connectivity index (χ2v) is 6.23. The fourth-order valence-electron chi connectivity index (χ4n) is 1.91. The predicted octanol–water partition coefficient (Wildman–Crippen LogP) is 3.70. The Balaban J connectivity index is 1.76. The highest BCUT2D eigenvalue weighted by molar-refractivity contribution is 6.41. The van der Waals surface area contributed by atoms with E-state index in [0.717, 1.165) is 0 Å². The Hall–Kier alpha value is -2.12. The van der Waals surface area contributed by atoms with Gasteiger partial charge in [-0.25, -0.2) is 4.63 Å². The van der Waals surface area contributed by atoms with Gasteiger partial charge in [0, 0.05) is 5.56 Å². The number of anilines is 1. The number of amides is 1. The zero-order valence-corrected chi connectivity index (χ0v) is 14.3. The van der Waals surface area contributed by atoms with Crippen molar-refractivity contribution in [2.45, 2.75) is 19.8 Å². The van der Waals surface area contributed by atoms with Crippen molar-refractivity contribution in [3.8, 4) is 0 Å². The topological polar surface area (TPSA) is 89.6 Å². The molecule has 0 spiro atoms. The van der Waals surface area contributed by atoms with Crippen LogP contribution in [-0.2, 0) is 4.84 Å². The molecule has 9 heteroatoms. The summed E-state index contributed by atoms with van der Waals surface area (Å²) in [5.41, 5.74) is 1.10. The highest BCUT2D eigenvalue weighted by Crippen LogP contribution is 2.29. The van der Waals surface area contributed by atoms with Crippen LogP contribution in [0.4, 0.5) is 5.82 Å². The summed E-state index contributed by atoms with van der Waals surface area (Å²) in [6.45, 7) is 2.23. The molecule has 1 heterocycles. The van der Waals surface area contributed by atoms with Gasteiger partial charge in [-0.2, -0.15) is 0 Å². The monoisotopic (exact) mass is 368 g/mol. The van der Waals surface area contributed by atoms with Crippen LogP contribution >= 0.6 is 23.2 Å². The highest BCUT2D eigenvalue weighted by Gasteiger charge is 2.22. The normalized spacial score (nSPS) is 14.1. The number of hydrogen-bond donors (Lipinski definition) is 1. The minimum atomic E-state index is -0.455. The Kier molecular flexibility index (Phi) is 5.01. The molecule has 0 bridgehead atoms. The third-order valence-corrected chi connectivity index (χ3v) is 4.26. The van der Waals surface area contributed by atoms with E-state index in [2.05, 4.69) is 25.4 Å². The summed E-state index contributed by atoms with van der Waals surface area (Å²) >= 11 is 12.4. The fraction of sp³-hybridized carbons (Fsp3) is 0.333. The summed E-state index contributed by atoms with van der Waals surface area (Å²) in [5, 5.41) is 14.2. The quantitative estimate of drug-likeness (QED) is 0.620. The number of aryl methyl sites for hydroxylation is 1. The number of aromatic nitrogens is 2. The summed E-state index contributed by atoms with van der Waals surface area (Å²) in [6, 6.07) is 3.09. The Labute approximate surface area is 147 Å². The van der Waals surface area contributed by atoms with Crippen molar-refractivity contribution in [1.29, 1.82) is 0 Å². The molecular weight excluding hydrogens is 355 g/mol. The minimum Gasteiger partial charge on any atom is -0.396 e. The molecule has 1 aromatic carbocycles. The Bertz CT molecular complexity index is 787. The second kappa shape index (κ2) is 7.19. The van der Waals surface area contributed by atoms with Gasteiger partial charge in [-0.15, -0.1) is 0 Å². The van der Waals surface area contributed by atoms with Gasteiger partial charge in [0.05, 0.1) is 21.8 Å². The van der Waals surface area contributed by atoms with Crippen LogP contribution in [0.5, 0.6) is 0 Å². The molecule has 1 aromatic heterocycles. The lowest BCUT2D eigenvalue weighted by Crippen LogP contribution is -2.14. The molecule has 0 atom stereocenters. The van der Waals surface area contributed by atoms with Crippen LogP contribution in [0.15, 0.2) is 21.9 Å². The first kappa shape index (κ1) is 16.7. The third-order valence-electron chi connectivity index (χ3n) is 3.52. The van der Waals surface area contributed by atoms with Crippen LogP contribution in [-0.4, -0.2) is 29.0 Å². The van der Waals surface area contributed by atoms with Crippen molar-refractivity contribution >= 4 is 41.1 Å². The molecule has 0 saturated heterocycles. The molecule has 1 N–H and O–H groups in total. The number of rotatable bonds is 6. The SMILES string of the molecule is Cc1nonc1NC(=O)c1ccc(Cl)c(/C=N/OCC2CC2)c1Cl. The largest absolute Gasteiger partial charge is 0.396 e. The number of carbonyl (C=O) groups is 1. The number of hydrogen-bond acceptors (Lipinski definition) is 6. The maximum atomic E-state index is 12.4. The van der Waals surface area contributed by atoms with Crippen LogP contribution in [0.3, 0.4) is 0 Å². The van der Waals surface area contributed by atoms with E-state index in [4.69, 9.17) is 28.0 Å². The first-order valence-electron chi connectivity index (χ1n) is 7.30. The summed E-state index contributed by atoms with van der Waals surface area (Å²) < 4.78 is 4.54. The molecule has 1 aliphatic rings. The summed E-state index contributed by atoms with van der Waals surface area (Å²) in [4.78, 5) is 17.5. The van der Waals surface area contributed by atoms with Gasteiger partial charge in [-0.05, 0) is 43.0 Å². The molecule has 1 aliphatic carbocycles. The number of nitrogens with zero attached hydrogens (tertiary/aromatic N) is 3. The standard InChI is InChI=1S/C15H14Cl2N4O3/c1-8-14(21-24-20-8)19-15(22)10-4-5-12(16)11(13(10)17)6-18-23-7-9-2-3-9/h4-6,9H,2-3,7H2,1H3,(H,19,21,22)/b18-6+. The summed E-state index contributed by atoms with van der Waals surface area (Å²) in [6.07, 6.45) is 3.75. The molecule has 0 aliphatic heterocycles. The predicted molar refractivity (Wildman–Crippen MR) is 89.7 cm³/mol. The van der Waals surface area contributed by atoms with Crippen LogP contribution in [0.2, 0.25) is 10.0 Å². The number of benzene rings is 1. The fourth-order valence-corrected chi connectivity index (χ4v) is 2.46. The average Bonchev–Trinajstić information content (AvgIpc) is 3.29. The number of carbonyl (C=O) groups excluding carboxylic acids is 1. The molecule has 1 fully saturated rings. The lowest BCUT2D eigenvalue weighted by atomic mass is 10.1. The van der Waals surface area contributed by atoms with Crippen molar-refractivity contribution < 1.29 is 14.3 Å². The Morgan fingerprint density at radius 3 is 2.92 bits per heavy atom. The summed E-state index contributed by atoms with van der Waals surface area (Å²) in [7, 11) is 0. The van der Waals surface area contributed by atoms with E-state index >= 15 is 0 Å². The van der Waals surface area contributed by atoms with Gasteiger partial charge in [0.15, 0.2) is 0 Å². The molecule has 126 valence electrons. The van der Waals surface area contributed by atoms with Crippen molar-refractivity contribution in [3.05, 3.63) is 39.0 Å². The molecule has 1 amide bonds. The number of halogens is 2. The minimum absolute atomic E-state index is 0.174. The van der Waals surface area contributed by atoms with E-state index in [9.17, 15) is 4.79 Å². The van der Waals surface area contributed by atoms with Gasteiger partial charge in [-0.3, -0.25) is 4.79 Å². The first-order valence-corrected chi connectivity index (χ1v) is 8.05. The van der Waals surface area contributed by atoms with Gasteiger partial charge in [0.2, 0.25) is 5.82 Å². The molecule has 0 radical (unpaired) electrons. The van der Waals surface area contributed by atoms with E-state index < -0.39 is 5.91 Å².